The topological polar surface area (TPSA) is 50.4 Å². The minimum absolute atomic E-state index is 0.218. The zero-order chi connectivity index (χ0) is 16.5. The lowest BCUT2D eigenvalue weighted by Gasteiger charge is -2.09. The number of benzene rings is 2. The SMILES string of the molecule is CCc1ccc(OCCNC(=O)NCc2ccc(Cl)cc2)cc1. The lowest BCUT2D eigenvalue weighted by atomic mass is 10.2. The van der Waals surface area contributed by atoms with Gasteiger partial charge in [0.25, 0.3) is 0 Å². The van der Waals surface area contributed by atoms with Crippen LogP contribution in [0, 0.1) is 0 Å². The molecule has 0 radical (unpaired) electrons. The van der Waals surface area contributed by atoms with Crippen LogP contribution < -0.4 is 15.4 Å². The van der Waals surface area contributed by atoms with E-state index in [1.54, 1.807) is 12.1 Å². The Morgan fingerprint density at radius 2 is 1.65 bits per heavy atom. The van der Waals surface area contributed by atoms with E-state index in [0.717, 1.165) is 17.7 Å². The van der Waals surface area contributed by atoms with Crippen LogP contribution in [0.2, 0.25) is 5.02 Å². The highest BCUT2D eigenvalue weighted by Crippen LogP contribution is 2.12. The van der Waals surface area contributed by atoms with Gasteiger partial charge >= 0.3 is 6.03 Å². The first-order valence-corrected chi connectivity index (χ1v) is 8.03. The summed E-state index contributed by atoms with van der Waals surface area (Å²) in [6, 6.07) is 15.1. The van der Waals surface area contributed by atoms with Crippen LogP contribution in [-0.4, -0.2) is 19.2 Å². The van der Waals surface area contributed by atoms with Crippen LogP contribution in [0.15, 0.2) is 48.5 Å². The molecule has 23 heavy (non-hydrogen) atoms. The van der Waals surface area contributed by atoms with E-state index >= 15 is 0 Å². The molecule has 0 aliphatic rings. The fourth-order valence-corrected chi connectivity index (χ4v) is 2.13. The third-order valence-corrected chi connectivity index (χ3v) is 3.61. The van der Waals surface area contributed by atoms with Crippen LogP contribution in [0.5, 0.6) is 5.75 Å². The Kier molecular flexibility index (Phi) is 6.76. The first kappa shape index (κ1) is 17.2. The molecule has 2 amide bonds. The highest BCUT2D eigenvalue weighted by Gasteiger charge is 2.00. The van der Waals surface area contributed by atoms with Gasteiger partial charge in [-0.1, -0.05) is 42.8 Å². The molecule has 0 atom stereocenters. The summed E-state index contributed by atoms with van der Waals surface area (Å²) in [4.78, 5) is 11.7. The molecule has 122 valence electrons. The van der Waals surface area contributed by atoms with E-state index < -0.39 is 0 Å². The Labute approximate surface area is 141 Å². The molecule has 0 aliphatic carbocycles. The van der Waals surface area contributed by atoms with Crippen LogP contribution in [-0.2, 0) is 13.0 Å². The van der Waals surface area contributed by atoms with Gasteiger partial charge in [-0.05, 0) is 41.8 Å². The smallest absolute Gasteiger partial charge is 0.315 e. The van der Waals surface area contributed by atoms with Crippen molar-refractivity contribution in [3.8, 4) is 5.75 Å². The third-order valence-electron chi connectivity index (χ3n) is 3.35. The first-order valence-electron chi connectivity index (χ1n) is 7.65. The predicted molar refractivity (Wildman–Crippen MR) is 93.0 cm³/mol. The van der Waals surface area contributed by atoms with Gasteiger partial charge < -0.3 is 15.4 Å². The van der Waals surface area contributed by atoms with Gasteiger partial charge in [-0.3, -0.25) is 0 Å². The summed E-state index contributed by atoms with van der Waals surface area (Å²) < 4.78 is 5.57. The second-order valence-electron chi connectivity index (χ2n) is 5.08. The number of carbonyl (C=O) groups is 1. The van der Waals surface area contributed by atoms with Crippen molar-refractivity contribution in [2.75, 3.05) is 13.2 Å². The third kappa shape index (κ3) is 6.20. The van der Waals surface area contributed by atoms with E-state index in [-0.39, 0.29) is 6.03 Å². The minimum Gasteiger partial charge on any atom is -0.492 e. The summed E-state index contributed by atoms with van der Waals surface area (Å²) in [5.74, 6) is 0.811. The summed E-state index contributed by atoms with van der Waals surface area (Å²) in [5.41, 5.74) is 2.27. The zero-order valence-corrected chi connectivity index (χ0v) is 13.9. The van der Waals surface area contributed by atoms with Crippen LogP contribution in [0.25, 0.3) is 0 Å². The molecule has 4 nitrogen and oxygen atoms in total. The Morgan fingerprint density at radius 1 is 1.00 bits per heavy atom. The maximum Gasteiger partial charge on any atom is 0.315 e. The Balaban J connectivity index is 1.61. The molecule has 5 heteroatoms. The maximum absolute atomic E-state index is 11.7. The van der Waals surface area contributed by atoms with Crippen molar-refractivity contribution >= 4 is 17.6 Å². The number of carbonyl (C=O) groups excluding carboxylic acids is 1. The van der Waals surface area contributed by atoms with Crippen molar-refractivity contribution in [3.05, 3.63) is 64.7 Å². The van der Waals surface area contributed by atoms with Gasteiger partial charge in [0.1, 0.15) is 12.4 Å². The molecule has 0 unspecified atom stereocenters. The molecule has 0 heterocycles. The Hall–Kier alpha value is -2.20. The van der Waals surface area contributed by atoms with Gasteiger partial charge in [0, 0.05) is 11.6 Å². The number of amides is 2. The standard InChI is InChI=1S/C18H21ClN2O2/c1-2-14-5-9-17(10-6-14)23-12-11-20-18(22)21-13-15-3-7-16(19)8-4-15/h3-10H,2,11-13H2,1H3,(H2,20,21,22). The predicted octanol–water partition coefficient (Wildman–Crippen LogP) is 3.78. The Morgan fingerprint density at radius 3 is 2.30 bits per heavy atom. The number of ether oxygens (including phenoxy) is 1. The van der Waals surface area contributed by atoms with Gasteiger partial charge in [-0.2, -0.15) is 0 Å². The number of urea groups is 1. The van der Waals surface area contributed by atoms with Crippen molar-refractivity contribution in [2.24, 2.45) is 0 Å². The van der Waals surface area contributed by atoms with Gasteiger partial charge in [0.2, 0.25) is 0 Å². The van der Waals surface area contributed by atoms with Gasteiger partial charge in [-0.15, -0.1) is 0 Å². The van der Waals surface area contributed by atoms with Gasteiger partial charge in [0.15, 0.2) is 0 Å². The molecule has 2 rings (SSSR count). The molecule has 0 aromatic heterocycles. The van der Waals surface area contributed by atoms with E-state index in [9.17, 15) is 4.79 Å². The van der Waals surface area contributed by atoms with Crippen LogP contribution in [0.4, 0.5) is 4.79 Å². The van der Waals surface area contributed by atoms with Crippen molar-refractivity contribution in [1.29, 1.82) is 0 Å². The van der Waals surface area contributed by atoms with E-state index in [1.165, 1.54) is 5.56 Å². The lowest BCUT2D eigenvalue weighted by Crippen LogP contribution is -2.37. The minimum atomic E-state index is -0.218. The molecule has 0 spiro atoms. The molecule has 0 aliphatic heterocycles. The molecule has 0 fully saturated rings. The number of halogens is 1. The molecule has 0 bridgehead atoms. The molecule has 2 aromatic carbocycles. The normalized spacial score (nSPS) is 10.2. The summed E-state index contributed by atoms with van der Waals surface area (Å²) in [6.07, 6.45) is 1.01. The Bertz CT molecular complexity index is 612. The highest BCUT2D eigenvalue weighted by atomic mass is 35.5. The van der Waals surface area contributed by atoms with Crippen molar-refractivity contribution in [3.63, 3.8) is 0 Å². The summed E-state index contributed by atoms with van der Waals surface area (Å²) >= 11 is 5.81. The molecule has 0 saturated heterocycles. The molecular weight excluding hydrogens is 312 g/mol. The van der Waals surface area contributed by atoms with Crippen molar-refractivity contribution in [1.82, 2.24) is 10.6 Å². The average molecular weight is 333 g/mol. The number of nitrogens with one attached hydrogen (secondary N) is 2. The van der Waals surface area contributed by atoms with Gasteiger partial charge in [-0.25, -0.2) is 4.79 Å². The van der Waals surface area contributed by atoms with Crippen LogP contribution >= 0.6 is 11.6 Å². The molecule has 2 aromatic rings. The number of rotatable bonds is 7. The van der Waals surface area contributed by atoms with Crippen LogP contribution in [0.1, 0.15) is 18.1 Å². The zero-order valence-electron chi connectivity index (χ0n) is 13.1. The number of hydrogen-bond acceptors (Lipinski definition) is 2. The maximum atomic E-state index is 11.7. The largest absolute Gasteiger partial charge is 0.492 e. The van der Waals surface area contributed by atoms with E-state index in [2.05, 4.69) is 17.6 Å². The summed E-state index contributed by atoms with van der Waals surface area (Å²) in [7, 11) is 0. The monoisotopic (exact) mass is 332 g/mol. The second-order valence-corrected chi connectivity index (χ2v) is 5.52. The number of hydrogen-bond donors (Lipinski definition) is 2. The molecular formula is C18H21ClN2O2. The number of aryl methyl sites for hydroxylation is 1. The fraction of sp³-hybridized carbons (Fsp3) is 0.278. The highest BCUT2D eigenvalue weighted by molar-refractivity contribution is 6.30. The first-order chi connectivity index (χ1) is 11.2. The summed E-state index contributed by atoms with van der Waals surface area (Å²) in [5, 5.41) is 6.22. The van der Waals surface area contributed by atoms with Crippen molar-refractivity contribution < 1.29 is 9.53 Å². The fourth-order valence-electron chi connectivity index (χ4n) is 2.00. The van der Waals surface area contributed by atoms with Gasteiger partial charge in [0.05, 0.1) is 6.54 Å². The van der Waals surface area contributed by atoms with E-state index in [0.29, 0.717) is 24.7 Å². The molecule has 0 saturated carbocycles. The summed E-state index contributed by atoms with van der Waals surface area (Å²) in [6.45, 7) is 3.45. The lowest BCUT2D eigenvalue weighted by molar-refractivity contribution is 0.236. The average Bonchev–Trinajstić information content (AvgIpc) is 2.59. The van der Waals surface area contributed by atoms with Crippen LogP contribution in [0.3, 0.4) is 0 Å². The van der Waals surface area contributed by atoms with E-state index in [4.69, 9.17) is 16.3 Å². The second kappa shape index (κ2) is 9.06. The van der Waals surface area contributed by atoms with Crippen molar-refractivity contribution in [2.45, 2.75) is 19.9 Å². The quantitative estimate of drug-likeness (QED) is 0.758. The van der Waals surface area contributed by atoms with E-state index in [1.807, 2.05) is 36.4 Å². The molecule has 2 N–H and O–H groups in total.